The van der Waals surface area contributed by atoms with Crippen LogP contribution in [0.4, 0.5) is 0 Å². The third-order valence-electron chi connectivity index (χ3n) is 2.53. The molecule has 0 aromatic carbocycles. The van der Waals surface area contributed by atoms with E-state index in [1.54, 1.807) is 0 Å². The van der Waals surface area contributed by atoms with Crippen molar-refractivity contribution in [2.24, 2.45) is 17.8 Å². The molecule has 2 aliphatic rings. The monoisotopic (exact) mass is 156 g/mol. The van der Waals surface area contributed by atoms with Crippen LogP contribution in [-0.4, -0.2) is 5.24 Å². The molecule has 0 amide bonds. The Morgan fingerprint density at radius 2 is 2.50 bits per heavy atom. The lowest BCUT2D eigenvalue weighted by Crippen LogP contribution is -1.94. The largest absolute Gasteiger partial charge is 0.281 e. The van der Waals surface area contributed by atoms with Gasteiger partial charge in [-0.1, -0.05) is 11.6 Å². The second-order valence-electron chi connectivity index (χ2n) is 3.29. The van der Waals surface area contributed by atoms with Gasteiger partial charge in [0, 0.05) is 5.92 Å². The van der Waals surface area contributed by atoms with Crippen molar-refractivity contribution in [1.29, 1.82) is 0 Å². The summed E-state index contributed by atoms with van der Waals surface area (Å²) in [6.07, 6.45) is 3.28. The number of carbonyl (C=O) groups is 1. The van der Waals surface area contributed by atoms with E-state index in [0.717, 1.165) is 6.42 Å². The smallest absolute Gasteiger partial charge is 0.225 e. The molecule has 0 aromatic heterocycles. The molecule has 0 spiro atoms. The molecule has 2 heteroatoms. The van der Waals surface area contributed by atoms with Gasteiger partial charge in [0.25, 0.3) is 0 Å². The van der Waals surface area contributed by atoms with Crippen LogP contribution in [0, 0.1) is 17.8 Å². The van der Waals surface area contributed by atoms with Gasteiger partial charge < -0.3 is 0 Å². The van der Waals surface area contributed by atoms with Crippen LogP contribution in [-0.2, 0) is 4.79 Å². The zero-order chi connectivity index (χ0) is 7.30. The molecule has 10 heavy (non-hydrogen) atoms. The molecule has 54 valence electrons. The van der Waals surface area contributed by atoms with Crippen LogP contribution in [0.3, 0.4) is 0 Å². The minimum absolute atomic E-state index is 0.140. The maximum Gasteiger partial charge on any atom is 0.225 e. The SMILES string of the molecule is CC1=C[C@@H]2[C@H](C1)[C@@H]2C(=O)Cl. The quantitative estimate of drug-likeness (QED) is 0.419. The van der Waals surface area contributed by atoms with Crippen molar-refractivity contribution in [2.45, 2.75) is 13.3 Å². The van der Waals surface area contributed by atoms with Crippen molar-refractivity contribution in [1.82, 2.24) is 0 Å². The van der Waals surface area contributed by atoms with E-state index in [2.05, 4.69) is 13.0 Å². The Labute approximate surface area is 65.1 Å². The molecule has 1 nitrogen and oxygen atoms in total. The summed E-state index contributed by atoms with van der Waals surface area (Å²) in [6.45, 7) is 2.11. The van der Waals surface area contributed by atoms with E-state index >= 15 is 0 Å². The summed E-state index contributed by atoms with van der Waals surface area (Å²) in [6, 6.07) is 0. The van der Waals surface area contributed by atoms with Gasteiger partial charge in [-0.05, 0) is 36.8 Å². The first kappa shape index (κ1) is 6.41. The molecule has 2 rings (SSSR count). The maximum absolute atomic E-state index is 10.7. The van der Waals surface area contributed by atoms with Crippen LogP contribution in [0.1, 0.15) is 13.3 Å². The normalized spacial score (nSPS) is 42.6. The van der Waals surface area contributed by atoms with Crippen molar-refractivity contribution < 1.29 is 4.79 Å². The number of fused-ring (bicyclic) bond motifs is 1. The topological polar surface area (TPSA) is 17.1 Å². The standard InChI is InChI=1S/C8H9ClO/c1-4-2-5-6(3-4)7(5)8(9)10/h2,5-7H,3H2,1H3/t5-,6+,7-/m1/s1. The summed E-state index contributed by atoms with van der Waals surface area (Å²) in [7, 11) is 0. The molecule has 2 aliphatic carbocycles. The predicted molar refractivity (Wildman–Crippen MR) is 39.7 cm³/mol. The average Bonchev–Trinajstić information content (AvgIpc) is 2.32. The Balaban J connectivity index is 2.09. The summed E-state index contributed by atoms with van der Waals surface area (Å²) in [5.41, 5.74) is 1.42. The number of allylic oxidation sites excluding steroid dienone is 2. The van der Waals surface area contributed by atoms with Crippen molar-refractivity contribution in [3.63, 3.8) is 0 Å². The zero-order valence-electron chi connectivity index (χ0n) is 5.80. The molecule has 0 aromatic rings. The number of halogens is 1. The summed E-state index contributed by atoms with van der Waals surface area (Å²) in [5, 5.41) is -0.140. The van der Waals surface area contributed by atoms with Gasteiger partial charge in [-0.15, -0.1) is 0 Å². The fourth-order valence-corrected chi connectivity index (χ4v) is 2.29. The van der Waals surface area contributed by atoms with Crippen molar-refractivity contribution >= 4 is 16.8 Å². The first-order chi connectivity index (χ1) is 4.70. The highest BCUT2D eigenvalue weighted by Gasteiger charge is 2.55. The lowest BCUT2D eigenvalue weighted by Gasteiger charge is -1.94. The maximum atomic E-state index is 10.7. The molecule has 3 atom stereocenters. The highest BCUT2D eigenvalue weighted by molar-refractivity contribution is 6.64. The van der Waals surface area contributed by atoms with E-state index in [1.807, 2.05) is 0 Å². The van der Waals surface area contributed by atoms with Crippen LogP contribution in [0.2, 0.25) is 0 Å². The highest BCUT2D eigenvalue weighted by atomic mass is 35.5. The van der Waals surface area contributed by atoms with Gasteiger partial charge in [0.1, 0.15) is 0 Å². The molecule has 0 unspecified atom stereocenters. The van der Waals surface area contributed by atoms with E-state index in [-0.39, 0.29) is 11.2 Å². The van der Waals surface area contributed by atoms with E-state index in [9.17, 15) is 4.79 Å². The average molecular weight is 157 g/mol. The van der Waals surface area contributed by atoms with E-state index in [4.69, 9.17) is 11.6 Å². The Bertz CT molecular complexity index is 219. The molecule has 0 radical (unpaired) electrons. The van der Waals surface area contributed by atoms with Crippen LogP contribution >= 0.6 is 11.6 Å². The lowest BCUT2D eigenvalue weighted by molar-refractivity contribution is -0.113. The Hall–Kier alpha value is -0.300. The minimum Gasteiger partial charge on any atom is -0.281 e. The van der Waals surface area contributed by atoms with Gasteiger partial charge in [-0.3, -0.25) is 4.79 Å². The Kier molecular flexibility index (Phi) is 1.19. The minimum atomic E-state index is -0.140. The van der Waals surface area contributed by atoms with Crippen molar-refractivity contribution in [3.05, 3.63) is 11.6 Å². The van der Waals surface area contributed by atoms with Gasteiger partial charge in [-0.25, -0.2) is 0 Å². The second kappa shape index (κ2) is 1.85. The third kappa shape index (κ3) is 0.734. The van der Waals surface area contributed by atoms with E-state index < -0.39 is 0 Å². The van der Waals surface area contributed by atoms with E-state index in [1.165, 1.54) is 5.57 Å². The molecule has 0 aliphatic heterocycles. The number of hydrogen-bond acceptors (Lipinski definition) is 1. The van der Waals surface area contributed by atoms with Gasteiger partial charge >= 0.3 is 0 Å². The molecule has 1 fully saturated rings. The third-order valence-corrected chi connectivity index (χ3v) is 2.78. The fourth-order valence-electron chi connectivity index (χ4n) is 1.98. The predicted octanol–water partition coefficient (Wildman–Crippen LogP) is 1.96. The zero-order valence-corrected chi connectivity index (χ0v) is 6.56. The van der Waals surface area contributed by atoms with Crippen LogP contribution < -0.4 is 0 Å². The summed E-state index contributed by atoms with van der Waals surface area (Å²) in [5.74, 6) is 1.25. The van der Waals surface area contributed by atoms with Gasteiger partial charge in [-0.2, -0.15) is 0 Å². The van der Waals surface area contributed by atoms with Crippen LogP contribution in [0.25, 0.3) is 0 Å². The van der Waals surface area contributed by atoms with Crippen molar-refractivity contribution in [2.75, 3.05) is 0 Å². The molecule has 0 bridgehead atoms. The first-order valence-corrected chi connectivity index (χ1v) is 3.94. The molecule has 1 saturated carbocycles. The lowest BCUT2D eigenvalue weighted by atomic mass is 10.1. The molecule has 0 N–H and O–H groups in total. The number of carbonyl (C=O) groups excluding carboxylic acids is 1. The second-order valence-corrected chi connectivity index (χ2v) is 3.66. The molecular weight excluding hydrogens is 148 g/mol. The van der Waals surface area contributed by atoms with Crippen LogP contribution in [0.15, 0.2) is 11.6 Å². The molecular formula is C8H9ClO. The van der Waals surface area contributed by atoms with E-state index in [0.29, 0.717) is 11.8 Å². The van der Waals surface area contributed by atoms with Gasteiger partial charge in [0.2, 0.25) is 5.24 Å². The first-order valence-electron chi connectivity index (χ1n) is 3.57. The highest BCUT2D eigenvalue weighted by Crippen LogP contribution is 2.56. The molecule has 0 saturated heterocycles. The number of rotatable bonds is 1. The number of hydrogen-bond donors (Lipinski definition) is 0. The molecule has 0 heterocycles. The fraction of sp³-hybridized carbons (Fsp3) is 0.625. The van der Waals surface area contributed by atoms with Crippen LogP contribution in [0.5, 0.6) is 0 Å². The Morgan fingerprint density at radius 3 is 2.90 bits per heavy atom. The summed E-state index contributed by atoms with van der Waals surface area (Å²) in [4.78, 5) is 10.7. The Morgan fingerprint density at radius 1 is 1.80 bits per heavy atom. The van der Waals surface area contributed by atoms with Gasteiger partial charge in [0.05, 0.1) is 0 Å². The van der Waals surface area contributed by atoms with Crippen molar-refractivity contribution in [3.8, 4) is 0 Å². The summed E-state index contributed by atoms with van der Waals surface area (Å²) < 4.78 is 0. The summed E-state index contributed by atoms with van der Waals surface area (Å²) >= 11 is 5.36. The van der Waals surface area contributed by atoms with Gasteiger partial charge in [0.15, 0.2) is 0 Å².